The fourth-order valence-corrected chi connectivity index (χ4v) is 7.88. The summed E-state index contributed by atoms with van der Waals surface area (Å²) in [6.07, 6.45) is -7.20. The molecule has 3 saturated heterocycles. The van der Waals surface area contributed by atoms with Gasteiger partial charge in [-0.2, -0.15) is 0 Å². The van der Waals surface area contributed by atoms with Crippen LogP contribution >= 0.6 is 26.9 Å². The van der Waals surface area contributed by atoms with Gasteiger partial charge in [0.05, 0.1) is 30.6 Å². The zero-order valence-electron chi connectivity index (χ0n) is 22.7. The molecule has 19 nitrogen and oxygen atoms in total. The van der Waals surface area contributed by atoms with Crippen molar-refractivity contribution in [2.45, 2.75) is 49.5 Å². The van der Waals surface area contributed by atoms with Crippen LogP contribution in [0.4, 0.5) is 10.2 Å². The molecule has 45 heavy (non-hydrogen) atoms. The van der Waals surface area contributed by atoms with Gasteiger partial charge in [0.2, 0.25) is 0 Å². The molecular weight excluding hydrogens is 663 g/mol. The highest BCUT2D eigenvalue weighted by Crippen LogP contribution is 2.58. The second-order valence-corrected chi connectivity index (χ2v) is 14.6. The number of benzene rings is 1. The Balaban J connectivity index is 1.15. The van der Waals surface area contributed by atoms with Gasteiger partial charge in [0.15, 0.2) is 23.9 Å². The van der Waals surface area contributed by atoms with Crippen LogP contribution in [0.25, 0.3) is 22.2 Å². The predicted molar refractivity (Wildman–Crippen MR) is 151 cm³/mol. The summed E-state index contributed by atoms with van der Waals surface area (Å²) in [6, 6.07) is 4.42. The van der Waals surface area contributed by atoms with Gasteiger partial charge in [0.25, 0.3) is 5.91 Å². The fourth-order valence-electron chi connectivity index (χ4n) is 5.43. The van der Waals surface area contributed by atoms with Gasteiger partial charge in [0, 0.05) is 6.42 Å². The van der Waals surface area contributed by atoms with E-state index in [9.17, 15) is 18.8 Å². The predicted octanol–water partition coefficient (Wildman–Crippen LogP) is 1.43. The molecule has 3 aromatic heterocycles. The number of rotatable bonds is 3. The first-order valence-electron chi connectivity index (χ1n) is 13.2. The van der Waals surface area contributed by atoms with Gasteiger partial charge in [-0.1, -0.05) is 23.5 Å². The number of ether oxygens (including phenoxy) is 2. The molecule has 7 rings (SSSR count). The molecule has 1 amide bonds. The number of hydrogen-bond donors (Lipinski definition) is 4. The Morgan fingerprint density at radius 3 is 2.67 bits per heavy atom. The molecule has 3 fully saturated rings. The summed E-state index contributed by atoms with van der Waals surface area (Å²) in [7, 11) is -4.84. The molecule has 0 spiro atoms. The lowest BCUT2D eigenvalue weighted by Gasteiger charge is -2.27. The number of aromatic nitrogens is 7. The number of nitrogens with zero attached hydrogens (tertiary/aromatic N) is 7. The molecule has 1 aromatic carbocycles. The number of nitrogens with two attached hydrogens (primary N) is 2. The van der Waals surface area contributed by atoms with Gasteiger partial charge in [-0.25, -0.2) is 33.2 Å². The topological polar surface area (TPSA) is 253 Å². The molecule has 4 aromatic rings. The Morgan fingerprint density at radius 1 is 1.07 bits per heavy atom. The van der Waals surface area contributed by atoms with Crippen LogP contribution in [-0.2, 0) is 36.7 Å². The Bertz CT molecular complexity index is 1900. The number of carbonyl (C=O) groups is 1. The van der Waals surface area contributed by atoms with E-state index >= 15 is 4.39 Å². The maximum Gasteiger partial charge on any atom is 0.472 e. The van der Waals surface area contributed by atoms with Crippen molar-refractivity contribution in [2.75, 3.05) is 18.9 Å². The van der Waals surface area contributed by atoms with Crippen molar-refractivity contribution in [3.05, 3.63) is 36.4 Å². The van der Waals surface area contributed by atoms with Crippen LogP contribution in [0.15, 0.2) is 30.9 Å². The summed E-state index contributed by atoms with van der Waals surface area (Å²) < 4.78 is 78.4. The molecule has 6 heterocycles. The van der Waals surface area contributed by atoms with Crippen molar-refractivity contribution < 1.29 is 50.8 Å². The van der Waals surface area contributed by atoms with Gasteiger partial charge in [-0.05, 0) is 12.1 Å². The molecule has 0 aliphatic carbocycles. The Morgan fingerprint density at radius 2 is 1.87 bits per heavy atom. The first-order chi connectivity index (χ1) is 21.4. The Hall–Kier alpha value is -3.10. The molecular formula is C22H24FN9O10P2S. The molecule has 240 valence electrons. The summed E-state index contributed by atoms with van der Waals surface area (Å²) in [4.78, 5) is 34.7. The van der Waals surface area contributed by atoms with Crippen molar-refractivity contribution in [3.63, 3.8) is 0 Å². The molecule has 3 aliphatic rings. The van der Waals surface area contributed by atoms with Crippen molar-refractivity contribution in [1.29, 1.82) is 0 Å². The number of imidazole rings is 1. The summed E-state index contributed by atoms with van der Waals surface area (Å²) in [5.41, 5.74) is 12.2. The number of halogens is 1. The van der Waals surface area contributed by atoms with Gasteiger partial charge >= 0.3 is 14.6 Å². The first kappa shape index (κ1) is 30.5. The van der Waals surface area contributed by atoms with E-state index in [1.807, 2.05) is 0 Å². The maximum atomic E-state index is 16.0. The zero-order chi connectivity index (χ0) is 31.7. The van der Waals surface area contributed by atoms with E-state index in [1.165, 1.54) is 35.4 Å². The number of anilines is 1. The van der Waals surface area contributed by atoms with Gasteiger partial charge in [-0.3, -0.25) is 27.5 Å². The highest BCUT2D eigenvalue weighted by Gasteiger charge is 2.52. The number of phosphoric ester groups is 1. The summed E-state index contributed by atoms with van der Waals surface area (Å²) >= 11 is 4.02. The lowest BCUT2D eigenvalue weighted by Crippen LogP contribution is -2.35. The third-order valence-corrected chi connectivity index (χ3v) is 10.1. The number of alkyl halides is 1. The number of primary amides is 1. The quantitative estimate of drug-likeness (QED) is 0.175. The number of carbonyl (C=O) groups excluding carboxylic acids is 1. The Kier molecular flexibility index (Phi) is 7.67. The minimum Gasteiger partial charge on any atom is -0.382 e. The average molecular weight is 688 g/mol. The van der Waals surface area contributed by atoms with Crippen LogP contribution in [-0.4, -0.2) is 89.1 Å². The Labute approximate surface area is 256 Å². The molecule has 0 bridgehead atoms. The smallest absolute Gasteiger partial charge is 0.382 e. The molecule has 9 atom stereocenters. The van der Waals surface area contributed by atoms with Crippen LogP contribution < -0.4 is 11.5 Å². The minimum absolute atomic E-state index is 0.0150. The number of amides is 1. The third-order valence-electron chi connectivity index (χ3n) is 7.48. The van der Waals surface area contributed by atoms with E-state index in [0.29, 0.717) is 11.2 Å². The monoisotopic (exact) mass is 687 g/mol. The molecule has 2 unspecified atom stereocenters. The highest BCUT2D eigenvalue weighted by atomic mass is 32.7. The third kappa shape index (κ3) is 5.62. The van der Waals surface area contributed by atoms with Crippen molar-refractivity contribution in [1.82, 2.24) is 34.5 Å². The van der Waals surface area contributed by atoms with E-state index in [1.54, 1.807) is 0 Å². The van der Waals surface area contributed by atoms with Crippen LogP contribution in [0.2, 0.25) is 0 Å². The standard InChI is InChI=1S/C22H24FN9O10P2S/c23-15-18-13(40-22(15)32-10-3-1-2-9(20(25)33)16(10)29-30-32)6-37-43(34,35)41-11-4-14(39-12(11)5-38-44(36,45)42-18)31-8-28-17-19(24)26-7-27-21(17)31/h1-3,7-8,11-15,18,22H,4-6H2,(H2,25,33)(H,34,35)(H,36,45)(H2,24,26,27)/t11-,12+,13+,14+,15+,18+,22+,44?/m0/s1. The summed E-state index contributed by atoms with van der Waals surface area (Å²) in [5, 5.41) is 7.83. The van der Waals surface area contributed by atoms with Crippen LogP contribution in [0, 0.1) is 0 Å². The van der Waals surface area contributed by atoms with Crippen molar-refractivity contribution >= 4 is 60.8 Å². The largest absolute Gasteiger partial charge is 0.472 e. The first-order valence-corrected chi connectivity index (χ1v) is 17.4. The molecule has 3 aliphatic heterocycles. The molecule has 0 radical (unpaired) electrons. The number of phosphoric acid groups is 1. The van der Waals surface area contributed by atoms with E-state index < -0.39 is 76.8 Å². The van der Waals surface area contributed by atoms with Gasteiger partial charge in [0.1, 0.15) is 48.0 Å². The van der Waals surface area contributed by atoms with E-state index in [4.69, 9.17) is 39.0 Å². The number of hydrogen-bond acceptors (Lipinski definition) is 15. The van der Waals surface area contributed by atoms with Crippen molar-refractivity contribution in [2.24, 2.45) is 5.73 Å². The van der Waals surface area contributed by atoms with Crippen LogP contribution in [0.3, 0.4) is 0 Å². The van der Waals surface area contributed by atoms with E-state index in [0.717, 1.165) is 4.68 Å². The SMILES string of the molecule is NC(=O)c1cccc2c1nnn2[C@@H]1O[C@@H]2COP(=O)(O)O[C@H]3C[C@H](n4cnc5c(N)ncnc54)O[C@@H]3COP(=O)(S)O[C@H]2[C@H]1F. The lowest BCUT2D eigenvalue weighted by molar-refractivity contribution is -0.0627. The van der Waals surface area contributed by atoms with E-state index in [-0.39, 0.29) is 28.8 Å². The second-order valence-electron chi connectivity index (χ2n) is 10.3. The molecule has 0 saturated carbocycles. The fraction of sp³-hybridized carbons (Fsp3) is 0.455. The summed E-state index contributed by atoms with van der Waals surface area (Å²) in [5.74, 6) is -0.642. The normalized spacial score (nSPS) is 35.9. The van der Waals surface area contributed by atoms with Crippen LogP contribution in [0.5, 0.6) is 0 Å². The highest BCUT2D eigenvalue weighted by molar-refractivity contribution is 8.44. The zero-order valence-corrected chi connectivity index (χ0v) is 25.4. The molecule has 5 N–H and O–H groups in total. The summed E-state index contributed by atoms with van der Waals surface area (Å²) in [6.45, 7) is -5.59. The van der Waals surface area contributed by atoms with Gasteiger partial charge < -0.3 is 25.8 Å². The minimum atomic E-state index is -4.84. The second kappa shape index (κ2) is 11.3. The number of fused-ring (bicyclic) bond motifs is 4. The maximum absolute atomic E-state index is 16.0. The molecule has 23 heteroatoms. The van der Waals surface area contributed by atoms with Crippen LogP contribution in [0.1, 0.15) is 29.2 Å². The van der Waals surface area contributed by atoms with Crippen molar-refractivity contribution in [3.8, 4) is 0 Å². The van der Waals surface area contributed by atoms with E-state index in [2.05, 4.69) is 37.5 Å². The van der Waals surface area contributed by atoms with Gasteiger partial charge in [-0.15, -0.1) is 5.10 Å². The average Bonchev–Trinajstić information content (AvgIpc) is 3.76. The number of nitrogen functional groups attached to an aromatic ring is 1. The number of thiol groups is 1. The lowest BCUT2D eigenvalue weighted by atomic mass is 10.1.